The van der Waals surface area contributed by atoms with E-state index in [9.17, 15) is 19.7 Å². The van der Waals surface area contributed by atoms with E-state index in [-0.39, 0.29) is 18.0 Å². The number of H-pyrrole nitrogens is 1. The van der Waals surface area contributed by atoms with E-state index >= 15 is 0 Å². The van der Waals surface area contributed by atoms with Crippen molar-refractivity contribution in [2.45, 2.75) is 27.7 Å². The second-order valence-corrected chi connectivity index (χ2v) is 5.56. The summed E-state index contributed by atoms with van der Waals surface area (Å²) in [7, 11) is 0. The fourth-order valence-electron chi connectivity index (χ4n) is 2.56. The Morgan fingerprint density at radius 2 is 1.96 bits per heavy atom. The van der Waals surface area contributed by atoms with Crippen LogP contribution in [0.15, 0.2) is 18.2 Å². The average molecular weight is 345 g/mol. The number of benzene rings is 1. The molecule has 1 aromatic carbocycles. The first-order valence-electron chi connectivity index (χ1n) is 7.68. The maximum Gasteiger partial charge on any atom is 0.340 e. The van der Waals surface area contributed by atoms with Gasteiger partial charge in [0.1, 0.15) is 5.69 Å². The number of aromatic nitrogens is 1. The number of aromatic amines is 1. The first kappa shape index (κ1) is 18.2. The fraction of sp³-hybridized carbons (Fsp3) is 0.294. The Kier molecular flexibility index (Phi) is 5.21. The second kappa shape index (κ2) is 7.16. The molecule has 132 valence electrons. The van der Waals surface area contributed by atoms with Crippen LogP contribution in [0.3, 0.4) is 0 Å². The zero-order valence-corrected chi connectivity index (χ0v) is 14.4. The number of nitro groups is 1. The predicted octanol–water partition coefficient (Wildman–Crippen LogP) is 3.28. The van der Waals surface area contributed by atoms with Crippen LogP contribution in [-0.4, -0.2) is 28.4 Å². The summed E-state index contributed by atoms with van der Waals surface area (Å²) in [4.78, 5) is 37.8. The molecule has 0 atom stereocenters. The standard InChI is InChI=1S/C17H19N3O5/c1-5-25-17(22)14-10(3)15(18-11(14)4)16(21)19-12-7-6-9(2)13(8-12)20(23)24/h6-8,18H,5H2,1-4H3,(H,19,21). The summed E-state index contributed by atoms with van der Waals surface area (Å²) >= 11 is 0. The number of hydrogen-bond donors (Lipinski definition) is 2. The van der Waals surface area contributed by atoms with Crippen LogP contribution in [0.2, 0.25) is 0 Å². The number of carbonyl (C=O) groups excluding carboxylic acids is 2. The average Bonchev–Trinajstić information content (AvgIpc) is 2.84. The van der Waals surface area contributed by atoms with Gasteiger partial charge in [-0.15, -0.1) is 0 Å². The summed E-state index contributed by atoms with van der Waals surface area (Å²) in [6.45, 7) is 6.87. The Morgan fingerprint density at radius 1 is 1.28 bits per heavy atom. The molecule has 0 aliphatic heterocycles. The topological polar surface area (TPSA) is 114 Å². The molecular weight excluding hydrogens is 326 g/mol. The Bertz CT molecular complexity index is 854. The first-order valence-corrected chi connectivity index (χ1v) is 7.68. The third kappa shape index (κ3) is 3.68. The van der Waals surface area contributed by atoms with Crippen molar-refractivity contribution in [3.05, 3.63) is 56.4 Å². The van der Waals surface area contributed by atoms with E-state index in [0.717, 1.165) is 0 Å². The highest BCUT2D eigenvalue weighted by atomic mass is 16.6. The van der Waals surface area contributed by atoms with Crippen LogP contribution < -0.4 is 5.32 Å². The Balaban J connectivity index is 2.31. The molecule has 8 nitrogen and oxygen atoms in total. The molecule has 0 spiro atoms. The number of anilines is 1. The van der Waals surface area contributed by atoms with Gasteiger partial charge in [-0.25, -0.2) is 4.79 Å². The molecule has 8 heteroatoms. The number of hydrogen-bond acceptors (Lipinski definition) is 5. The van der Waals surface area contributed by atoms with Gasteiger partial charge in [0.15, 0.2) is 0 Å². The molecule has 2 N–H and O–H groups in total. The van der Waals surface area contributed by atoms with Gasteiger partial charge in [-0.3, -0.25) is 14.9 Å². The third-order valence-electron chi connectivity index (χ3n) is 3.81. The van der Waals surface area contributed by atoms with E-state index in [2.05, 4.69) is 10.3 Å². The quantitative estimate of drug-likeness (QED) is 0.490. The van der Waals surface area contributed by atoms with Crippen molar-refractivity contribution in [2.24, 2.45) is 0 Å². The van der Waals surface area contributed by atoms with Crippen molar-refractivity contribution in [2.75, 3.05) is 11.9 Å². The van der Waals surface area contributed by atoms with Crippen LogP contribution in [0.25, 0.3) is 0 Å². The minimum atomic E-state index is -0.506. The maximum absolute atomic E-state index is 12.5. The zero-order chi connectivity index (χ0) is 18.7. The normalized spacial score (nSPS) is 10.4. The minimum absolute atomic E-state index is 0.0793. The summed E-state index contributed by atoms with van der Waals surface area (Å²) in [6, 6.07) is 4.44. The lowest BCUT2D eigenvalue weighted by Gasteiger charge is -2.06. The number of rotatable bonds is 5. The SMILES string of the molecule is CCOC(=O)c1c(C)[nH]c(C(=O)Nc2ccc(C)c([N+](=O)[O-])c2)c1C. The molecule has 0 bridgehead atoms. The summed E-state index contributed by atoms with van der Waals surface area (Å²) in [5.74, 6) is -0.993. The Labute approximate surface area is 144 Å². The molecule has 0 aliphatic rings. The third-order valence-corrected chi connectivity index (χ3v) is 3.81. The van der Waals surface area contributed by atoms with Crippen molar-refractivity contribution in [3.63, 3.8) is 0 Å². The highest BCUT2D eigenvalue weighted by Crippen LogP contribution is 2.24. The molecule has 0 saturated carbocycles. The van der Waals surface area contributed by atoms with Crippen LogP contribution in [0.5, 0.6) is 0 Å². The van der Waals surface area contributed by atoms with E-state index in [1.165, 1.54) is 6.07 Å². The van der Waals surface area contributed by atoms with Gasteiger partial charge in [0.25, 0.3) is 11.6 Å². The second-order valence-electron chi connectivity index (χ2n) is 5.56. The largest absolute Gasteiger partial charge is 0.462 e. The van der Waals surface area contributed by atoms with Crippen LogP contribution in [0, 0.1) is 30.9 Å². The molecule has 2 aromatic rings. The molecular formula is C17H19N3O5. The van der Waals surface area contributed by atoms with E-state index in [1.807, 2.05) is 0 Å². The van der Waals surface area contributed by atoms with Crippen molar-refractivity contribution < 1.29 is 19.2 Å². The molecule has 0 fully saturated rings. The molecule has 1 amide bonds. The lowest BCUT2D eigenvalue weighted by Crippen LogP contribution is -2.14. The van der Waals surface area contributed by atoms with Gasteiger partial charge in [0, 0.05) is 23.0 Å². The first-order chi connectivity index (χ1) is 11.8. The van der Waals surface area contributed by atoms with Gasteiger partial charge in [0.05, 0.1) is 17.1 Å². The monoisotopic (exact) mass is 345 g/mol. The van der Waals surface area contributed by atoms with Gasteiger partial charge in [-0.1, -0.05) is 6.07 Å². The van der Waals surface area contributed by atoms with E-state index in [4.69, 9.17) is 4.74 Å². The minimum Gasteiger partial charge on any atom is -0.462 e. The molecule has 0 saturated heterocycles. The predicted molar refractivity (Wildman–Crippen MR) is 92.0 cm³/mol. The fourth-order valence-corrected chi connectivity index (χ4v) is 2.56. The summed E-state index contributed by atoms with van der Waals surface area (Å²) in [6.07, 6.45) is 0. The number of nitrogens with zero attached hydrogens (tertiary/aromatic N) is 1. The van der Waals surface area contributed by atoms with Crippen LogP contribution in [0.1, 0.15) is 44.6 Å². The molecule has 2 rings (SSSR count). The number of nitro benzene ring substituents is 1. The highest BCUT2D eigenvalue weighted by Gasteiger charge is 2.23. The molecule has 1 aromatic heterocycles. The van der Waals surface area contributed by atoms with Gasteiger partial charge in [-0.05, 0) is 39.3 Å². The zero-order valence-electron chi connectivity index (χ0n) is 14.4. The molecule has 1 heterocycles. The highest BCUT2D eigenvalue weighted by molar-refractivity contribution is 6.07. The van der Waals surface area contributed by atoms with Gasteiger partial charge >= 0.3 is 5.97 Å². The number of carbonyl (C=O) groups is 2. The van der Waals surface area contributed by atoms with E-state index in [1.54, 1.807) is 39.8 Å². The lowest BCUT2D eigenvalue weighted by atomic mass is 10.1. The molecule has 0 radical (unpaired) electrons. The van der Waals surface area contributed by atoms with Crippen molar-refractivity contribution in [1.29, 1.82) is 0 Å². The summed E-state index contributed by atoms with van der Waals surface area (Å²) in [5, 5.41) is 13.6. The summed E-state index contributed by atoms with van der Waals surface area (Å²) in [5.41, 5.74) is 2.24. The Hall–Kier alpha value is -3.16. The maximum atomic E-state index is 12.5. The molecule has 25 heavy (non-hydrogen) atoms. The lowest BCUT2D eigenvalue weighted by molar-refractivity contribution is -0.385. The van der Waals surface area contributed by atoms with E-state index in [0.29, 0.717) is 28.1 Å². The van der Waals surface area contributed by atoms with Crippen LogP contribution in [-0.2, 0) is 4.74 Å². The van der Waals surface area contributed by atoms with Gasteiger partial charge in [-0.2, -0.15) is 0 Å². The van der Waals surface area contributed by atoms with Gasteiger partial charge in [0.2, 0.25) is 0 Å². The molecule has 0 aliphatic carbocycles. The van der Waals surface area contributed by atoms with Crippen molar-refractivity contribution >= 4 is 23.3 Å². The number of ether oxygens (including phenoxy) is 1. The molecule has 0 unspecified atom stereocenters. The van der Waals surface area contributed by atoms with Gasteiger partial charge < -0.3 is 15.0 Å². The van der Waals surface area contributed by atoms with E-state index < -0.39 is 16.8 Å². The van der Waals surface area contributed by atoms with Crippen LogP contribution in [0.4, 0.5) is 11.4 Å². The van der Waals surface area contributed by atoms with Crippen molar-refractivity contribution in [3.8, 4) is 0 Å². The smallest absolute Gasteiger partial charge is 0.340 e. The number of aryl methyl sites for hydroxylation is 2. The number of nitrogens with one attached hydrogen (secondary N) is 2. The van der Waals surface area contributed by atoms with Crippen molar-refractivity contribution in [1.82, 2.24) is 4.98 Å². The number of amides is 1. The Morgan fingerprint density at radius 3 is 2.56 bits per heavy atom. The number of esters is 1. The van der Waals surface area contributed by atoms with Crippen LogP contribution >= 0.6 is 0 Å². The summed E-state index contributed by atoms with van der Waals surface area (Å²) < 4.78 is 4.99.